The van der Waals surface area contributed by atoms with Crippen LogP contribution in [0.2, 0.25) is 0 Å². The summed E-state index contributed by atoms with van der Waals surface area (Å²) in [5.74, 6) is 0.620. The van der Waals surface area contributed by atoms with E-state index in [0.29, 0.717) is 18.9 Å². The molecule has 0 spiro atoms. The Kier molecular flexibility index (Phi) is 5.65. The molecule has 3 rings (SSSR count). The molecule has 144 valence electrons. The fourth-order valence-corrected chi connectivity index (χ4v) is 3.21. The Morgan fingerprint density at radius 2 is 1.81 bits per heavy atom. The summed E-state index contributed by atoms with van der Waals surface area (Å²) in [6.07, 6.45) is -3.36. The maximum absolute atomic E-state index is 12.7. The highest BCUT2D eigenvalue weighted by atomic mass is 19.4. The molecule has 0 aliphatic carbocycles. The highest BCUT2D eigenvalue weighted by Crippen LogP contribution is 2.28. The monoisotopic (exact) mass is 380 g/mol. The van der Waals surface area contributed by atoms with Crippen LogP contribution in [-0.4, -0.2) is 38.1 Å². The Morgan fingerprint density at radius 3 is 2.37 bits per heavy atom. The number of carbonyl (C=O) groups is 1. The van der Waals surface area contributed by atoms with Gasteiger partial charge in [-0.1, -0.05) is 18.2 Å². The van der Waals surface area contributed by atoms with Crippen molar-refractivity contribution in [3.8, 4) is 0 Å². The molecule has 1 fully saturated rings. The van der Waals surface area contributed by atoms with Crippen molar-refractivity contribution in [1.82, 2.24) is 0 Å². The van der Waals surface area contributed by atoms with Crippen LogP contribution in [-0.2, 0) is 11.0 Å². The maximum Gasteiger partial charge on any atom is 0.419 e. The third-order valence-electron chi connectivity index (χ3n) is 4.92. The van der Waals surface area contributed by atoms with E-state index in [4.69, 9.17) is 0 Å². The number of hydrogen-bond acceptors (Lipinski definition) is 2. The van der Waals surface area contributed by atoms with Gasteiger partial charge in [0.2, 0.25) is 0 Å². The largest absolute Gasteiger partial charge is 0.419 e. The number of benzene rings is 1. The van der Waals surface area contributed by atoms with Gasteiger partial charge in [0.25, 0.3) is 11.7 Å². The summed E-state index contributed by atoms with van der Waals surface area (Å²) in [6, 6.07) is 11.7. The topological polar surface area (TPSA) is 50.9 Å². The summed E-state index contributed by atoms with van der Waals surface area (Å²) < 4.78 is 38.0. The van der Waals surface area contributed by atoms with Crippen LogP contribution in [0.15, 0.2) is 48.7 Å². The summed E-state index contributed by atoms with van der Waals surface area (Å²) in [5, 5.41) is 2.92. The second-order valence-electron chi connectivity index (χ2n) is 6.68. The molecule has 1 atom stereocenters. The number of para-hydroxylation sites is 1. The number of pyridine rings is 1. The first kappa shape index (κ1) is 19.2. The third kappa shape index (κ3) is 4.77. The van der Waals surface area contributed by atoms with Gasteiger partial charge in [-0.15, -0.1) is 0 Å². The molecular weight excluding hydrogens is 357 g/mol. The Balaban J connectivity index is 1.54. The van der Waals surface area contributed by atoms with E-state index in [2.05, 4.69) is 10.3 Å². The van der Waals surface area contributed by atoms with Crippen LogP contribution in [0.3, 0.4) is 0 Å². The van der Waals surface area contributed by atoms with Crippen LogP contribution in [0.4, 0.5) is 24.7 Å². The van der Waals surface area contributed by atoms with Crippen LogP contribution in [0, 0.1) is 0 Å². The lowest BCUT2D eigenvalue weighted by Crippen LogP contribution is -3.19. The van der Waals surface area contributed by atoms with Gasteiger partial charge in [-0.3, -0.25) is 9.69 Å². The summed E-state index contributed by atoms with van der Waals surface area (Å²) in [4.78, 5) is 18.3. The van der Waals surface area contributed by atoms with Gasteiger partial charge in [0.05, 0.1) is 5.56 Å². The van der Waals surface area contributed by atoms with E-state index in [1.54, 1.807) is 0 Å². The normalized spacial score (nSPS) is 16.8. The van der Waals surface area contributed by atoms with E-state index in [9.17, 15) is 18.0 Å². The molecule has 8 heteroatoms. The molecule has 1 aliphatic rings. The Morgan fingerprint density at radius 1 is 1.15 bits per heavy atom. The second kappa shape index (κ2) is 7.96. The number of nitrogens with zero attached hydrogens (tertiary/aromatic N) is 1. The Labute approximate surface area is 155 Å². The minimum atomic E-state index is -4.35. The number of nitrogens with one attached hydrogen (secondary N) is 3. The Hall–Kier alpha value is -2.61. The lowest BCUT2D eigenvalue weighted by molar-refractivity contribution is -0.914. The van der Waals surface area contributed by atoms with Gasteiger partial charge in [-0.2, -0.15) is 13.2 Å². The van der Waals surface area contributed by atoms with E-state index >= 15 is 0 Å². The van der Waals surface area contributed by atoms with Gasteiger partial charge in [-0.05, 0) is 25.1 Å². The van der Waals surface area contributed by atoms with Crippen molar-refractivity contribution in [2.24, 2.45) is 0 Å². The number of quaternary nitrogens is 1. The molecule has 1 saturated heterocycles. The molecule has 5 nitrogen and oxygen atoms in total. The SMILES string of the molecule is C[C@H](C(=O)Nc1ccccc1)[NH+]1CCN(c2ccc(C(F)(F)F)c[nH+]2)CC1. The number of H-pyrrole nitrogens is 1. The number of hydrogen-bond donors (Lipinski definition) is 2. The minimum Gasteiger partial charge on any atom is -0.321 e. The molecule has 27 heavy (non-hydrogen) atoms. The van der Waals surface area contributed by atoms with Gasteiger partial charge in [-0.25, -0.2) is 4.98 Å². The number of halogens is 3. The van der Waals surface area contributed by atoms with Crippen molar-refractivity contribution in [3.63, 3.8) is 0 Å². The predicted octanol–water partition coefficient (Wildman–Crippen LogP) is 1.25. The number of aromatic nitrogens is 1. The summed E-state index contributed by atoms with van der Waals surface area (Å²) in [7, 11) is 0. The fourth-order valence-electron chi connectivity index (χ4n) is 3.21. The lowest BCUT2D eigenvalue weighted by atomic mass is 10.2. The van der Waals surface area contributed by atoms with Gasteiger partial charge in [0.1, 0.15) is 32.4 Å². The first-order valence-corrected chi connectivity index (χ1v) is 8.89. The molecule has 1 aromatic carbocycles. The molecule has 1 amide bonds. The smallest absolute Gasteiger partial charge is 0.321 e. The van der Waals surface area contributed by atoms with E-state index in [0.717, 1.165) is 35.9 Å². The van der Waals surface area contributed by atoms with Gasteiger partial charge < -0.3 is 10.2 Å². The quantitative estimate of drug-likeness (QED) is 0.839. The molecule has 2 aromatic rings. The summed E-state index contributed by atoms with van der Waals surface area (Å²) in [5.41, 5.74) is 0.0773. The average Bonchev–Trinajstić information content (AvgIpc) is 2.68. The Bertz CT molecular complexity index is 757. The molecule has 3 N–H and O–H groups in total. The first-order valence-electron chi connectivity index (χ1n) is 8.89. The number of alkyl halides is 3. The lowest BCUT2D eigenvalue weighted by Gasteiger charge is -2.31. The van der Waals surface area contributed by atoms with Crippen LogP contribution in [0.25, 0.3) is 0 Å². The van der Waals surface area contributed by atoms with Crippen LogP contribution >= 0.6 is 0 Å². The predicted molar refractivity (Wildman–Crippen MR) is 95.4 cm³/mol. The number of amides is 1. The van der Waals surface area contributed by atoms with Gasteiger partial charge >= 0.3 is 6.18 Å². The van der Waals surface area contributed by atoms with Crippen molar-refractivity contribution in [1.29, 1.82) is 0 Å². The van der Waals surface area contributed by atoms with E-state index in [1.807, 2.05) is 42.2 Å². The van der Waals surface area contributed by atoms with Crippen molar-refractivity contribution in [3.05, 3.63) is 54.2 Å². The van der Waals surface area contributed by atoms with Crippen LogP contribution < -0.4 is 20.1 Å². The highest BCUT2D eigenvalue weighted by Gasteiger charge is 2.34. The fraction of sp³-hybridized carbons (Fsp3) is 0.368. The average molecular weight is 380 g/mol. The molecule has 0 radical (unpaired) electrons. The van der Waals surface area contributed by atoms with Crippen molar-refractivity contribution in [2.45, 2.75) is 19.1 Å². The van der Waals surface area contributed by atoms with E-state index < -0.39 is 11.7 Å². The highest BCUT2D eigenvalue weighted by molar-refractivity contribution is 5.93. The molecule has 1 aliphatic heterocycles. The van der Waals surface area contributed by atoms with Crippen molar-refractivity contribution >= 4 is 17.4 Å². The number of piperazine rings is 1. The van der Waals surface area contributed by atoms with Gasteiger partial charge in [0.15, 0.2) is 6.04 Å². The first-order chi connectivity index (χ1) is 12.8. The standard InChI is InChI=1S/C19H21F3N4O/c1-14(18(27)24-16-5-3-2-4-6-16)25-9-11-26(12-10-25)17-8-7-15(13-23-17)19(20,21)22/h2-8,13-14H,9-12H2,1H3,(H,24,27)/p+2/t14-/m1/s1. The molecule has 0 unspecified atom stereocenters. The zero-order valence-electron chi connectivity index (χ0n) is 15.0. The molecule has 0 saturated carbocycles. The van der Waals surface area contributed by atoms with Gasteiger partial charge in [0, 0.05) is 11.8 Å². The number of rotatable bonds is 4. The third-order valence-corrected chi connectivity index (χ3v) is 4.92. The molecule has 1 aromatic heterocycles. The van der Waals surface area contributed by atoms with E-state index in [-0.39, 0.29) is 11.9 Å². The van der Waals surface area contributed by atoms with Crippen LogP contribution in [0.5, 0.6) is 0 Å². The zero-order valence-corrected chi connectivity index (χ0v) is 15.0. The summed E-state index contributed by atoms with van der Waals surface area (Å²) >= 11 is 0. The number of anilines is 2. The molecule has 0 bridgehead atoms. The van der Waals surface area contributed by atoms with E-state index in [1.165, 1.54) is 6.07 Å². The summed E-state index contributed by atoms with van der Waals surface area (Å²) in [6.45, 7) is 4.70. The molecule has 2 heterocycles. The number of carbonyl (C=O) groups excluding carboxylic acids is 1. The van der Waals surface area contributed by atoms with Crippen molar-refractivity contribution in [2.75, 3.05) is 36.4 Å². The van der Waals surface area contributed by atoms with Crippen LogP contribution in [0.1, 0.15) is 12.5 Å². The molecular formula is C19H23F3N4O+2. The van der Waals surface area contributed by atoms with Crippen molar-refractivity contribution < 1.29 is 27.8 Å². The second-order valence-corrected chi connectivity index (χ2v) is 6.68. The minimum absolute atomic E-state index is 0.0363. The maximum atomic E-state index is 12.7. The number of aromatic amines is 1. The zero-order chi connectivity index (χ0) is 19.4.